The zero-order chi connectivity index (χ0) is 19.0. The lowest BCUT2D eigenvalue weighted by atomic mass is 9.90. The molecule has 0 spiro atoms. The van der Waals surface area contributed by atoms with Crippen LogP contribution in [0, 0.1) is 0 Å². The third kappa shape index (κ3) is 3.47. The van der Waals surface area contributed by atoms with Gasteiger partial charge in [0, 0.05) is 6.42 Å². The molecule has 1 aliphatic heterocycles. The molecule has 2 aromatic carbocycles. The maximum absolute atomic E-state index is 10.3. The highest BCUT2D eigenvalue weighted by Crippen LogP contribution is 2.33. The van der Waals surface area contributed by atoms with Crippen LogP contribution in [0.2, 0.25) is 0 Å². The molecule has 142 valence electrons. The first kappa shape index (κ1) is 18.1. The second kappa shape index (κ2) is 7.38. The Morgan fingerprint density at radius 2 is 1.74 bits per heavy atom. The second-order valence-corrected chi connectivity index (χ2v) is 6.75. The molecular formula is C20H21NO6. The van der Waals surface area contributed by atoms with Gasteiger partial charge in [0.15, 0.2) is 11.5 Å². The average Bonchev–Trinajstić information content (AvgIpc) is 3.09. The minimum atomic E-state index is -1.40. The Morgan fingerprint density at radius 1 is 0.926 bits per heavy atom. The van der Waals surface area contributed by atoms with Gasteiger partial charge in [-0.2, -0.15) is 0 Å². The molecule has 7 nitrogen and oxygen atoms in total. The SMILES string of the molecule is OC[C@H]1OC(c2cccc(Cc3nc4ccccc4o3)c2)[C@H](O)C(O)[C@@H]1O. The van der Waals surface area contributed by atoms with Crippen LogP contribution in [-0.2, 0) is 11.2 Å². The quantitative estimate of drug-likeness (QED) is 0.539. The number of aliphatic hydroxyl groups excluding tert-OH is 4. The molecular weight excluding hydrogens is 350 g/mol. The zero-order valence-electron chi connectivity index (χ0n) is 14.5. The lowest BCUT2D eigenvalue weighted by molar-refractivity contribution is -0.231. The van der Waals surface area contributed by atoms with Crippen molar-refractivity contribution in [3.05, 3.63) is 65.5 Å². The first-order valence-corrected chi connectivity index (χ1v) is 8.80. The molecule has 27 heavy (non-hydrogen) atoms. The fourth-order valence-corrected chi connectivity index (χ4v) is 3.43. The second-order valence-electron chi connectivity index (χ2n) is 6.75. The van der Waals surface area contributed by atoms with E-state index in [4.69, 9.17) is 9.15 Å². The van der Waals surface area contributed by atoms with E-state index in [0.29, 0.717) is 17.9 Å². The van der Waals surface area contributed by atoms with Crippen molar-refractivity contribution in [3.63, 3.8) is 0 Å². The lowest BCUT2D eigenvalue weighted by Gasteiger charge is -2.40. The van der Waals surface area contributed by atoms with Crippen LogP contribution in [0.25, 0.3) is 11.1 Å². The molecule has 1 saturated heterocycles. The largest absolute Gasteiger partial charge is 0.440 e. The molecule has 4 N–H and O–H groups in total. The summed E-state index contributed by atoms with van der Waals surface area (Å²) in [7, 11) is 0. The Kier molecular flexibility index (Phi) is 4.94. The lowest BCUT2D eigenvalue weighted by Crippen LogP contribution is -2.55. The summed E-state index contributed by atoms with van der Waals surface area (Å²) in [6.45, 7) is -0.454. The summed E-state index contributed by atoms with van der Waals surface area (Å²) in [4.78, 5) is 4.46. The molecule has 1 fully saturated rings. The van der Waals surface area contributed by atoms with Gasteiger partial charge in [0.2, 0.25) is 0 Å². The third-order valence-corrected chi connectivity index (χ3v) is 4.87. The first-order valence-electron chi connectivity index (χ1n) is 8.80. The average molecular weight is 371 g/mol. The van der Waals surface area contributed by atoms with E-state index in [0.717, 1.165) is 16.7 Å². The molecule has 3 aromatic rings. The summed E-state index contributed by atoms with van der Waals surface area (Å²) in [5.41, 5.74) is 3.05. The molecule has 0 amide bonds. The maximum Gasteiger partial charge on any atom is 0.199 e. The molecule has 5 atom stereocenters. The van der Waals surface area contributed by atoms with E-state index in [-0.39, 0.29) is 0 Å². The summed E-state index contributed by atoms with van der Waals surface area (Å²) >= 11 is 0. The molecule has 0 saturated carbocycles. The van der Waals surface area contributed by atoms with E-state index >= 15 is 0 Å². The minimum absolute atomic E-state index is 0.454. The van der Waals surface area contributed by atoms with E-state index in [9.17, 15) is 20.4 Å². The minimum Gasteiger partial charge on any atom is -0.440 e. The molecule has 0 radical (unpaired) electrons. The van der Waals surface area contributed by atoms with Crippen molar-refractivity contribution in [2.24, 2.45) is 0 Å². The zero-order valence-corrected chi connectivity index (χ0v) is 14.5. The molecule has 0 bridgehead atoms. The van der Waals surface area contributed by atoms with Crippen LogP contribution in [0.3, 0.4) is 0 Å². The molecule has 1 aromatic heterocycles. The molecule has 1 aliphatic rings. The monoisotopic (exact) mass is 371 g/mol. The summed E-state index contributed by atoms with van der Waals surface area (Å²) in [5.74, 6) is 0.571. The fraction of sp³-hybridized carbons (Fsp3) is 0.350. The van der Waals surface area contributed by atoms with Crippen molar-refractivity contribution < 1.29 is 29.6 Å². The van der Waals surface area contributed by atoms with Crippen molar-refractivity contribution in [3.8, 4) is 0 Å². The van der Waals surface area contributed by atoms with Crippen molar-refractivity contribution >= 4 is 11.1 Å². The maximum atomic E-state index is 10.3. The number of rotatable bonds is 4. The Labute approximate surface area is 155 Å². The van der Waals surface area contributed by atoms with Crippen LogP contribution in [0.5, 0.6) is 0 Å². The smallest absolute Gasteiger partial charge is 0.199 e. The van der Waals surface area contributed by atoms with Gasteiger partial charge in [0.25, 0.3) is 0 Å². The number of fused-ring (bicyclic) bond motifs is 1. The molecule has 0 aliphatic carbocycles. The van der Waals surface area contributed by atoms with E-state index in [2.05, 4.69) is 4.98 Å². The highest BCUT2D eigenvalue weighted by Gasteiger charge is 2.43. The number of oxazole rings is 1. The molecule has 4 rings (SSSR count). The van der Waals surface area contributed by atoms with Crippen LogP contribution in [-0.4, -0.2) is 56.4 Å². The predicted octanol–water partition coefficient (Wildman–Crippen LogP) is 0.933. The van der Waals surface area contributed by atoms with Crippen LogP contribution < -0.4 is 0 Å². The van der Waals surface area contributed by atoms with Crippen LogP contribution in [0.15, 0.2) is 52.9 Å². The highest BCUT2D eigenvalue weighted by atomic mass is 16.5. The number of para-hydroxylation sites is 2. The Hall–Kier alpha value is -2.29. The van der Waals surface area contributed by atoms with Gasteiger partial charge in [-0.15, -0.1) is 0 Å². The summed E-state index contributed by atoms with van der Waals surface area (Å²) < 4.78 is 11.4. The summed E-state index contributed by atoms with van der Waals surface area (Å²) in [6.07, 6.45) is -5.41. The third-order valence-electron chi connectivity index (χ3n) is 4.87. The molecule has 2 unspecified atom stereocenters. The number of benzene rings is 2. The van der Waals surface area contributed by atoms with Gasteiger partial charge < -0.3 is 29.6 Å². The highest BCUT2D eigenvalue weighted by molar-refractivity contribution is 5.72. The number of hydrogen-bond donors (Lipinski definition) is 4. The van der Waals surface area contributed by atoms with E-state index in [1.165, 1.54) is 0 Å². The normalized spacial score (nSPS) is 28.5. The van der Waals surface area contributed by atoms with E-state index in [1.807, 2.05) is 42.5 Å². The van der Waals surface area contributed by atoms with E-state index < -0.39 is 37.1 Å². The number of ether oxygens (including phenoxy) is 1. The van der Waals surface area contributed by atoms with Crippen molar-refractivity contribution in [2.75, 3.05) is 6.61 Å². The van der Waals surface area contributed by atoms with Gasteiger partial charge in [-0.05, 0) is 23.3 Å². The summed E-state index contributed by atoms with van der Waals surface area (Å²) in [5, 5.41) is 39.6. The van der Waals surface area contributed by atoms with Gasteiger partial charge in [-0.1, -0.05) is 36.4 Å². The predicted molar refractivity (Wildman–Crippen MR) is 96.0 cm³/mol. The number of aliphatic hydroxyl groups is 4. The Balaban J connectivity index is 1.58. The van der Waals surface area contributed by atoms with Crippen molar-refractivity contribution in [2.45, 2.75) is 36.9 Å². The van der Waals surface area contributed by atoms with E-state index in [1.54, 1.807) is 6.07 Å². The number of nitrogens with zero attached hydrogens (tertiary/aromatic N) is 1. The molecule has 2 heterocycles. The van der Waals surface area contributed by atoms with Crippen LogP contribution in [0.1, 0.15) is 23.1 Å². The topological polar surface area (TPSA) is 116 Å². The summed E-state index contributed by atoms with van der Waals surface area (Å²) in [6, 6.07) is 14.8. The van der Waals surface area contributed by atoms with Gasteiger partial charge in [0.05, 0.1) is 6.61 Å². The standard InChI is InChI=1S/C20H21NO6/c22-10-15-17(23)18(24)19(25)20(27-15)12-5-3-4-11(8-12)9-16-21-13-6-1-2-7-14(13)26-16/h1-8,15,17-20,22-25H,9-10H2/t15-,17-,18?,19-,20?/m1/s1. The van der Waals surface area contributed by atoms with Crippen LogP contribution >= 0.6 is 0 Å². The van der Waals surface area contributed by atoms with Gasteiger partial charge in [-0.3, -0.25) is 0 Å². The molecule has 7 heteroatoms. The number of aromatic nitrogens is 1. The van der Waals surface area contributed by atoms with Gasteiger partial charge in [-0.25, -0.2) is 4.98 Å². The number of hydrogen-bond acceptors (Lipinski definition) is 7. The van der Waals surface area contributed by atoms with Crippen LogP contribution in [0.4, 0.5) is 0 Å². The van der Waals surface area contributed by atoms with Crippen molar-refractivity contribution in [1.82, 2.24) is 4.98 Å². The Morgan fingerprint density at radius 3 is 2.52 bits per heavy atom. The Bertz CT molecular complexity index is 890. The first-order chi connectivity index (χ1) is 13.1. The fourth-order valence-electron chi connectivity index (χ4n) is 3.43. The van der Waals surface area contributed by atoms with Gasteiger partial charge >= 0.3 is 0 Å². The van der Waals surface area contributed by atoms with Crippen molar-refractivity contribution in [1.29, 1.82) is 0 Å². The van der Waals surface area contributed by atoms with Gasteiger partial charge in [0.1, 0.15) is 36.0 Å².